The first-order chi connectivity index (χ1) is 10.6. The van der Waals surface area contributed by atoms with E-state index in [0.29, 0.717) is 11.3 Å². The number of nitrogens with zero attached hydrogens (tertiary/aromatic N) is 1. The Bertz CT molecular complexity index is 677. The van der Waals surface area contributed by atoms with Crippen molar-refractivity contribution < 1.29 is 9.53 Å². The van der Waals surface area contributed by atoms with Gasteiger partial charge in [0.1, 0.15) is 11.8 Å². The summed E-state index contributed by atoms with van der Waals surface area (Å²) >= 11 is 0. The molecule has 0 radical (unpaired) electrons. The van der Waals surface area contributed by atoms with Gasteiger partial charge in [-0.2, -0.15) is 5.26 Å². The number of nitrogens with one attached hydrogen (secondary N) is 1. The lowest BCUT2D eigenvalue weighted by Crippen LogP contribution is -2.37. The van der Waals surface area contributed by atoms with Crippen molar-refractivity contribution in [1.29, 1.82) is 5.26 Å². The third kappa shape index (κ3) is 3.86. The van der Waals surface area contributed by atoms with Crippen LogP contribution in [-0.2, 0) is 4.79 Å². The second kappa shape index (κ2) is 7.28. The molecule has 2 atom stereocenters. The zero-order chi connectivity index (χ0) is 15.9. The Kier molecular flexibility index (Phi) is 5.16. The molecule has 0 aliphatic rings. The fourth-order valence-corrected chi connectivity index (χ4v) is 2.06. The van der Waals surface area contributed by atoms with E-state index in [4.69, 9.17) is 10.00 Å². The number of carbonyl (C=O) groups is 1. The lowest BCUT2D eigenvalue weighted by Gasteiger charge is -2.19. The summed E-state index contributed by atoms with van der Waals surface area (Å²) in [4.78, 5) is 12.2. The van der Waals surface area contributed by atoms with Gasteiger partial charge < -0.3 is 10.1 Å². The molecule has 2 rings (SSSR count). The predicted molar refractivity (Wildman–Crippen MR) is 84.2 cm³/mol. The summed E-state index contributed by atoms with van der Waals surface area (Å²) in [6.45, 7) is 3.59. The van der Waals surface area contributed by atoms with Crippen molar-refractivity contribution in [2.75, 3.05) is 0 Å². The Morgan fingerprint density at radius 2 is 1.73 bits per heavy atom. The maximum atomic E-state index is 12.2. The van der Waals surface area contributed by atoms with Gasteiger partial charge in [0, 0.05) is 0 Å². The minimum atomic E-state index is -0.680. The Morgan fingerprint density at radius 1 is 1.09 bits per heavy atom. The van der Waals surface area contributed by atoms with E-state index in [2.05, 4.69) is 5.32 Å². The molecule has 0 aromatic heterocycles. The highest BCUT2D eigenvalue weighted by Crippen LogP contribution is 2.18. The topological polar surface area (TPSA) is 62.1 Å². The molecule has 0 heterocycles. The molecule has 0 spiro atoms. The number of hydrogen-bond acceptors (Lipinski definition) is 3. The molecule has 0 aliphatic carbocycles. The van der Waals surface area contributed by atoms with Gasteiger partial charge in [0.2, 0.25) is 0 Å². The van der Waals surface area contributed by atoms with Gasteiger partial charge in [-0.25, -0.2) is 0 Å². The molecule has 0 bridgehead atoms. The van der Waals surface area contributed by atoms with Crippen LogP contribution in [0.25, 0.3) is 0 Å². The second-order valence-electron chi connectivity index (χ2n) is 5.01. The van der Waals surface area contributed by atoms with Gasteiger partial charge in [-0.05, 0) is 31.5 Å². The van der Waals surface area contributed by atoms with Crippen LogP contribution in [0.5, 0.6) is 5.75 Å². The third-order valence-corrected chi connectivity index (χ3v) is 3.34. The van der Waals surface area contributed by atoms with Crippen LogP contribution in [0.1, 0.15) is 31.0 Å². The van der Waals surface area contributed by atoms with Gasteiger partial charge in [-0.3, -0.25) is 4.79 Å². The Morgan fingerprint density at radius 3 is 2.41 bits per heavy atom. The molecule has 0 aliphatic heterocycles. The van der Waals surface area contributed by atoms with E-state index in [9.17, 15) is 4.79 Å². The highest BCUT2D eigenvalue weighted by atomic mass is 16.5. The molecule has 0 saturated carbocycles. The number of rotatable bonds is 5. The average Bonchev–Trinajstić information content (AvgIpc) is 2.56. The fraction of sp³-hybridized carbons (Fsp3) is 0.222. The molecule has 22 heavy (non-hydrogen) atoms. The summed E-state index contributed by atoms with van der Waals surface area (Å²) in [5.74, 6) is 0.198. The van der Waals surface area contributed by atoms with Crippen molar-refractivity contribution in [3.8, 4) is 11.8 Å². The summed E-state index contributed by atoms with van der Waals surface area (Å²) in [5.41, 5.74) is 1.44. The molecule has 0 fully saturated rings. The maximum Gasteiger partial charge on any atom is 0.261 e. The zero-order valence-electron chi connectivity index (χ0n) is 12.6. The normalized spacial score (nSPS) is 12.8. The van der Waals surface area contributed by atoms with Crippen molar-refractivity contribution >= 4 is 5.91 Å². The van der Waals surface area contributed by atoms with Gasteiger partial charge in [0.25, 0.3) is 5.91 Å². The van der Waals surface area contributed by atoms with Crippen LogP contribution < -0.4 is 10.1 Å². The number of nitriles is 1. The molecule has 0 saturated heterocycles. The molecule has 1 amide bonds. The average molecular weight is 294 g/mol. The number of hydrogen-bond donors (Lipinski definition) is 1. The van der Waals surface area contributed by atoms with E-state index in [1.165, 1.54) is 0 Å². The molecule has 2 aromatic rings. The molecular formula is C18H18N2O2. The fourth-order valence-electron chi connectivity index (χ4n) is 2.06. The van der Waals surface area contributed by atoms with Crippen LogP contribution in [-0.4, -0.2) is 12.0 Å². The van der Waals surface area contributed by atoms with Crippen LogP contribution in [0.15, 0.2) is 54.6 Å². The minimum Gasteiger partial charge on any atom is -0.480 e. The highest BCUT2D eigenvalue weighted by molar-refractivity contribution is 5.81. The first kappa shape index (κ1) is 15.6. The van der Waals surface area contributed by atoms with E-state index in [1.54, 1.807) is 31.2 Å². The Balaban J connectivity index is 1.99. The summed E-state index contributed by atoms with van der Waals surface area (Å²) in [6, 6.07) is 18.5. The van der Waals surface area contributed by atoms with E-state index >= 15 is 0 Å². The van der Waals surface area contributed by atoms with E-state index in [1.807, 2.05) is 43.3 Å². The Labute approximate surface area is 130 Å². The van der Waals surface area contributed by atoms with Gasteiger partial charge >= 0.3 is 0 Å². The minimum absolute atomic E-state index is 0.106. The van der Waals surface area contributed by atoms with E-state index < -0.39 is 6.10 Å². The van der Waals surface area contributed by atoms with Gasteiger partial charge in [0.15, 0.2) is 6.10 Å². The molecule has 4 nitrogen and oxygen atoms in total. The number of carbonyl (C=O) groups excluding carboxylic acids is 1. The van der Waals surface area contributed by atoms with Crippen molar-refractivity contribution in [2.45, 2.75) is 26.0 Å². The van der Waals surface area contributed by atoms with E-state index in [0.717, 1.165) is 5.56 Å². The van der Waals surface area contributed by atoms with Crippen molar-refractivity contribution in [2.24, 2.45) is 0 Å². The van der Waals surface area contributed by atoms with Gasteiger partial charge in [0.05, 0.1) is 11.6 Å². The predicted octanol–water partition coefficient (Wildman–Crippen LogP) is 3.20. The smallest absolute Gasteiger partial charge is 0.261 e. The lowest BCUT2D eigenvalue weighted by atomic mass is 10.1. The molecule has 4 heteroatoms. The SMILES string of the molecule is CC(Oc1ccccc1C#N)C(=O)NC(C)c1ccccc1. The molecule has 2 unspecified atom stereocenters. The monoisotopic (exact) mass is 294 g/mol. The standard InChI is InChI=1S/C18H18N2O2/c1-13(15-8-4-3-5-9-15)20-18(21)14(2)22-17-11-7-6-10-16(17)12-19/h3-11,13-14H,1-2H3,(H,20,21). The van der Waals surface area contributed by atoms with Crippen LogP contribution in [0.4, 0.5) is 0 Å². The molecular weight excluding hydrogens is 276 g/mol. The number of amides is 1. The van der Waals surface area contributed by atoms with Gasteiger partial charge in [-0.15, -0.1) is 0 Å². The molecule has 112 valence electrons. The first-order valence-corrected chi connectivity index (χ1v) is 7.13. The van der Waals surface area contributed by atoms with Crippen molar-refractivity contribution in [1.82, 2.24) is 5.32 Å². The van der Waals surface area contributed by atoms with Crippen molar-refractivity contribution in [3.63, 3.8) is 0 Å². The van der Waals surface area contributed by atoms with E-state index in [-0.39, 0.29) is 11.9 Å². The van der Waals surface area contributed by atoms with Crippen LogP contribution in [0, 0.1) is 11.3 Å². The van der Waals surface area contributed by atoms with Crippen molar-refractivity contribution in [3.05, 3.63) is 65.7 Å². The second-order valence-corrected chi connectivity index (χ2v) is 5.01. The summed E-state index contributed by atoms with van der Waals surface area (Å²) in [6.07, 6.45) is -0.680. The number of para-hydroxylation sites is 1. The van der Waals surface area contributed by atoms with Gasteiger partial charge in [-0.1, -0.05) is 42.5 Å². The highest BCUT2D eigenvalue weighted by Gasteiger charge is 2.18. The number of ether oxygens (including phenoxy) is 1. The Hall–Kier alpha value is -2.80. The largest absolute Gasteiger partial charge is 0.480 e. The maximum absolute atomic E-state index is 12.2. The summed E-state index contributed by atoms with van der Waals surface area (Å²) in [5, 5.41) is 11.9. The summed E-state index contributed by atoms with van der Waals surface area (Å²) in [7, 11) is 0. The summed E-state index contributed by atoms with van der Waals surface area (Å²) < 4.78 is 5.60. The zero-order valence-corrected chi connectivity index (χ0v) is 12.6. The third-order valence-electron chi connectivity index (χ3n) is 3.34. The lowest BCUT2D eigenvalue weighted by molar-refractivity contribution is -0.127. The first-order valence-electron chi connectivity index (χ1n) is 7.13. The quantitative estimate of drug-likeness (QED) is 0.921. The molecule has 1 N–H and O–H groups in total. The van der Waals surface area contributed by atoms with Crippen LogP contribution in [0.2, 0.25) is 0 Å². The molecule has 2 aromatic carbocycles. The number of benzene rings is 2. The van der Waals surface area contributed by atoms with Crippen LogP contribution >= 0.6 is 0 Å². The van der Waals surface area contributed by atoms with Crippen LogP contribution in [0.3, 0.4) is 0 Å².